The Bertz CT molecular complexity index is 1610. The van der Waals surface area contributed by atoms with Crippen molar-refractivity contribution in [1.82, 2.24) is 14.3 Å². The lowest BCUT2D eigenvalue weighted by Crippen LogP contribution is -2.40. The highest BCUT2D eigenvalue weighted by Crippen LogP contribution is 2.34. The van der Waals surface area contributed by atoms with Crippen LogP contribution in [0.15, 0.2) is 88.0 Å². The van der Waals surface area contributed by atoms with Crippen molar-refractivity contribution in [1.29, 1.82) is 0 Å². The van der Waals surface area contributed by atoms with Crippen LogP contribution in [0.2, 0.25) is 5.02 Å². The Morgan fingerprint density at radius 1 is 1.15 bits per heavy atom. The summed E-state index contributed by atoms with van der Waals surface area (Å²) in [4.78, 5) is 32.3. The molecular formula is C25H20ClN5O2S. The van der Waals surface area contributed by atoms with Gasteiger partial charge in [0.05, 0.1) is 28.0 Å². The molecule has 0 bridgehead atoms. The highest BCUT2D eigenvalue weighted by Gasteiger charge is 2.33. The molecule has 9 heteroatoms. The minimum absolute atomic E-state index is 0.241. The van der Waals surface area contributed by atoms with Crippen molar-refractivity contribution in [3.8, 4) is 0 Å². The predicted molar refractivity (Wildman–Crippen MR) is 133 cm³/mol. The van der Waals surface area contributed by atoms with Gasteiger partial charge in [-0.2, -0.15) is 5.10 Å². The van der Waals surface area contributed by atoms with Crippen LogP contribution in [-0.4, -0.2) is 20.3 Å². The lowest BCUT2D eigenvalue weighted by Gasteiger charge is -2.26. The van der Waals surface area contributed by atoms with Crippen LogP contribution < -0.4 is 20.2 Å². The molecule has 1 aliphatic rings. The summed E-state index contributed by atoms with van der Waals surface area (Å²) in [5.74, 6) is -0.334. The van der Waals surface area contributed by atoms with E-state index in [0.717, 1.165) is 5.56 Å². The number of allylic oxidation sites excluding steroid dienone is 1. The number of nitrogens with one attached hydrogen (secondary N) is 1. The van der Waals surface area contributed by atoms with Gasteiger partial charge in [-0.05, 0) is 36.8 Å². The number of carbonyl (C=O) groups excluding carboxylic acids is 1. The lowest BCUT2D eigenvalue weighted by atomic mass is 9.95. The normalized spacial score (nSPS) is 15.7. The number of nitrogens with zero attached hydrogens (tertiary/aromatic N) is 4. The molecule has 5 rings (SSSR count). The fourth-order valence-electron chi connectivity index (χ4n) is 3.99. The first-order valence-corrected chi connectivity index (χ1v) is 11.7. The minimum Gasteiger partial charge on any atom is -0.322 e. The summed E-state index contributed by atoms with van der Waals surface area (Å²) >= 11 is 7.85. The van der Waals surface area contributed by atoms with Crippen LogP contribution >= 0.6 is 22.9 Å². The summed E-state index contributed by atoms with van der Waals surface area (Å²) in [5.41, 5.74) is 2.78. The van der Waals surface area contributed by atoms with Crippen LogP contribution in [0.4, 0.5) is 5.69 Å². The highest BCUT2D eigenvalue weighted by atomic mass is 35.5. The van der Waals surface area contributed by atoms with E-state index >= 15 is 0 Å². The van der Waals surface area contributed by atoms with Crippen molar-refractivity contribution in [2.24, 2.45) is 12.0 Å². The number of rotatable bonds is 4. The molecule has 2 aromatic carbocycles. The molecule has 7 nitrogen and oxygen atoms in total. The van der Waals surface area contributed by atoms with Crippen molar-refractivity contribution in [2.45, 2.75) is 13.0 Å². The quantitative estimate of drug-likeness (QED) is 0.477. The molecule has 0 radical (unpaired) electrons. The molecule has 0 spiro atoms. The summed E-state index contributed by atoms with van der Waals surface area (Å²) in [7, 11) is 1.82. The molecule has 0 saturated heterocycles. The van der Waals surface area contributed by atoms with Gasteiger partial charge >= 0.3 is 0 Å². The molecule has 1 atom stereocenters. The van der Waals surface area contributed by atoms with Crippen molar-refractivity contribution in [3.05, 3.63) is 114 Å². The zero-order chi connectivity index (χ0) is 23.8. The summed E-state index contributed by atoms with van der Waals surface area (Å²) in [6.07, 6.45) is 5.30. The topological polar surface area (TPSA) is 81.3 Å². The third-order valence-electron chi connectivity index (χ3n) is 5.52. The van der Waals surface area contributed by atoms with E-state index in [1.54, 1.807) is 46.6 Å². The van der Waals surface area contributed by atoms with E-state index < -0.39 is 6.04 Å². The van der Waals surface area contributed by atoms with Crippen LogP contribution in [0, 0.1) is 0 Å². The highest BCUT2D eigenvalue weighted by molar-refractivity contribution is 7.07. The smallest absolute Gasteiger partial charge is 0.271 e. The lowest BCUT2D eigenvalue weighted by molar-refractivity contribution is -0.113. The van der Waals surface area contributed by atoms with E-state index in [4.69, 9.17) is 11.6 Å². The van der Waals surface area contributed by atoms with Crippen LogP contribution in [0.1, 0.15) is 24.1 Å². The zero-order valence-electron chi connectivity index (χ0n) is 18.4. The second kappa shape index (κ2) is 8.89. The first-order chi connectivity index (χ1) is 16.4. The van der Waals surface area contributed by atoms with Gasteiger partial charge in [0.25, 0.3) is 11.5 Å². The number of amides is 1. The molecule has 1 N–H and O–H groups in total. The number of aryl methyl sites for hydroxylation is 1. The Balaban J connectivity index is 1.70. The number of anilines is 1. The van der Waals surface area contributed by atoms with E-state index in [-0.39, 0.29) is 11.5 Å². The third-order valence-corrected chi connectivity index (χ3v) is 6.85. The number of hydrogen-bond donors (Lipinski definition) is 1. The molecule has 3 heterocycles. The summed E-state index contributed by atoms with van der Waals surface area (Å²) in [6.45, 7) is 1.78. The van der Waals surface area contributed by atoms with E-state index in [1.807, 2.05) is 49.6 Å². The van der Waals surface area contributed by atoms with Gasteiger partial charge < -0.3 is 5.32 Å². The van der Waals surface area contributed by atoms with E-state index in [2.05, 4.69) is 15.4 Å². The minimum atomic E-state index is -0.718. The summed E-state index contributed by atoms with van der Waals surface area (Å²) < 4.78 is 3.73. The van der Waals surface area contributed by atoms with Crippen LogP contribution in [0.25, 0.3) is 6.08 Å². The molecule has 1 aliphatic heterocycles. The Morgan fingerprint density at radius 2 is 1.88 bits per heavy atom. The Hall–Kier alpha value is -3.75. The molecule has 0 unspecified atom stereocenters. The van der Waals surface area contributed by atoms with Crippen molar-refractivity contribution in [3.63, 3.8) is 0 Å². The molecule has 0 aliphatic carbocycles. The third kappa shape index (κ3) is 4.02. The SMILES string of the molecule is CC1=C(C(=O)Nc2ccccc2)[C@H](c2ccccc2Cl)n2c(s/c(=C/c3cnn(C)c3)c2=O)=N1. The van der Waals surface area contributed by atoms with Gasteiger partial charge in [-0.25, -0.2) is 4.99 Å². The van der Waals surface area contributed by atoms with Crippen molar-refractivity contribution < 1.29 is 4.79 Å². The monoisotopic (exact) mass is 489 g/mol. The Kier molecular flexibility index (Phi) is 5.77. The largest absolute Gasteiger partial charge is 0.322 e. The van der Waals surface area contributed by atoms with Gasteiger partial charge in [0.15, 0.2) is 4.80 Å². The van der Waals surface area contributed by atoms with E-state index in [0.29, 0.717) is 36.9 Å². The summed E-state index contributed by atoms with van der Waals surface area (Å²) in [6, 6.07) is 15.7. The van der Waals surface area contributed by atoms with Gasteiger partial charge in [0, 0.05) is 29.5 Å². The maximum absolute atomic E-state index is 13.6. The number of hydrogen-bond acceptors (Lipinski definition) is 5. The van der Waals surface area contributed by atoms with E-state index in [9.17, 15) is 9.59 Å². The fraction of sp³-hybridized carbons (Fsp3) is 0.120. The molecule has 4 aromatic rings. The average molecular weight is 490 g/mol. The number of halogens is 1. The second-order valence-corrected chi connectivity index (χ2v) is 9.29. The first kappa shape index (κ1) is 22.1. The van der Waals surface area contributed by atoms with Gasteiger partial charge in [0.1, 0.15) is 0 Å². The van der Waals surface area contributed by atoms with Gasteiger partial charge in [0.2, 0.25) is 0 Å². The molecular weight excluding hydrogens is 470 g/mol. The fourth-order valence-corrected chi connectivity index (χ4v) is 5.27. The standard InChI is InChI=1S/C25H20ClN5O2S/c1-15-21(23(32)29-17-8-4-3-5-9-17)22(18-10-6-7-11-19(18)26)31-24(33)20(34-25(31)28-15)12-16-13-27-30(2)14-16/h3-14,22H,1-2H3,(H,29,32)/b20-12+/t22-/m0/s1. The first-order valence-electron chi connectivity index (χ1n) is 10.5. The predicted octanol–water partition coefficient (Wildman–Crippen LogP) is 3.26. The molecule has 2 aromatic heterocycles. The molecule has 0 saturated carbocycles. The molecule has 170 valence electrons. The van der Waals surface area contributed by atoms with Crippen LogP contribution in [0.3, 0.4) is 0 Å². The van der Waals surface area contributed by atoms with Crippen molar-refractivity contribution in [2.75, 3.05) is 5.32 Å². The second-order valence-electron chi connectivity index (χ2n) is 7.87. The zero-order valence-corrected chi connectivity index (χ0v) is 20.0. The van der Waals surface area contributed by atoms with Gasteiger partial charge in [-0.15, -0.1) is 0 Å². The maximum atomic E-state index is 13.6. The molecule has 34 heavy (non-hydrogen) atoms. The maximum Gasteiger partial charge on any atom is 0.271 e. The number of thiazole rings is 1. The number of aromatic nitrogens is 3. The van der Waals surface area contributed by atoms with Gasteiger partial charge in [-0.1, -0.05) is 59.3 Å². The Morgan fingerprint density at radius 3 is 2.59 bits per heavy atom. The Labute approximate surface area is 204 Å². The molecule has 1 amide bonds. The number of para-hydroxylation sites is 1. The number of fused-ring (bicyclic) bond motifs is 1. The summed E-state index contributed by atoms with van der Waals surface area (Å²) in [5, 5.41) is 7.56. The van der Waals surface area contributed by atoms with Crippen LogP contribution in [-0.2, 0) is 11.8 Å². The van der Waals surface area contributed by atoms with Gasteiger partial charge in [-0.3, -0.25) is 18.8 Å². The number of carbonyl (C=O) groups is 1. The molecule has 0 fully saturated rings. The van der Waals surface area contributed by atoms with Crippen LogP contribution in [0.5, 0.6) is 0 Å². The van der Waals surface area contributed by atoms with Crippen molar-refractivity contribution >= 4 is 40.6 Å². The average Bonchev–Trinajstić information content (AvgIpc) is 3.36. The number of benzene rings is 2. The van der Waals surface area contributed by atoms with E-state index in [1.165, 1.54) is 11.3 Å².